The van der Waals surface area contributed by atoms with E-state index >= 15 is 0 Å². The lowest BCUT2D eigenvalue weighted by Crippen LogP contribution is -2.43. The molecule has 6 nitrogen and oxygen atoms in total. The monoisotopic (exact) mass is 468 g/mol. The summed E-state index contributed by atoms with van der Waals surface area (Å²) in [6.45, 7) is 0.138. The summed E-state index contributed by atoms with van der Waals surface area (Å²) in [6.07, 6.45) is 0.569. The molecule has 0 radical (unpaired) electrons. The topological polar surface area (TPSA) is 78.9 Å². The molecule has 5 rings (SSSR count). The molecule has 8 heteroatoms. The Morgan fingerprint density at radius 2 is 1.88 bits per heavy atom. The van der Waals surface area contributed by atoms with Gasteiger partial charge in [0.25, 0.3) is 0 Å². The van der Waals surface area contributed by atoms with Crippen LogP contribution in [0.4, 0.5) is 10.1 Å². The SMILES string of the molecule is COc1cccc(-c2ccc3c(c2)[C@H]2[C@H](CCN2S(=O)(=O)c2ccccc2F)[C@@H](CO)N3)c1. The molecule has 3 atom stereocenters. The Morgan fingerprint density at radius 1 is 1.09 bits per heavy atom. The molecule has 33 heavy (non-hydrogen) atoms. The molecule has 0 saturated carbocycles. The first-order valence-corrected chi connectivity index (χ1v) is 12.3. The van der Waals surface area contributed by atoms with Gasteiger partial charge in [-0.25, -0.2) is 12.8 Å². The van der Waals surface area contributed by atoms with E-state index in [2.05, 4.69) is 5.32 Å². The van der Waals surface area contributed by atoms with Gasteiger partial charge in [0.2, 0.25) is 10.0 Å². The number of nitrogens with one attached hydrogen (secondary N) is 1. The summed E-state index contributed by atoms with van der Waals surface area (Å²) in [7, 11) is -2.46. The lowest BCUT2D eigenvalue weighted by Gasteiger charge is -2.39. The molecular formula is C25H25FN2O4S. The lowest BCUT2D eigenvalue weighted by atomic mass is 9.82. The van der Waals surface area contributed by atoms with Crippen molar-refractivity contribution in [3.8, 4) is 16.9 Å². The summed E-state index contributed by atoms with van der Waals surface area (Å²) < 4.78 is 48.3. The second-order valence-corrected chi connectivity index (χ2v) is 10.3. The number of fused-ring (bicyclic) bond motifs is 3. The van der Waals surface area contributed by atoms with E-state index in [0.29, 0.717) is 6.42 Å². The van der Waals surface area contributed by atoms with Crippen LogP contribution in [0.3, 0.4) is 0 Å². The zero-order valence-corrected chi connectivity index (χ0v) is 18.9. The highest BCUT2D eigenvalue weighted by Gasteiger charge is 2.49. The molecule has 3 aromatic rings. The van der Waals surface area contributed by atoms with E-state index in [1.165, 1.54) is 22.5 Å². The third-order valence-corrected chi connectivity index (χ3v) is 8.56. The normalized spacial score (nSPS) is 22.3. The number of anilines is 1. The average molecular weight is 469 g/mol. The highest BCUT2D eigenvalue weighted by atomic mass is 32.2. The highest BCUT2D eigenvalue weighted by molar-refractivity contribution is 7.89. The second kappa shape index (κ2) is 8.44. The Bertz CT molecular complexity index is 1300. The van der Waals surface area contributed by atoms with Gasteiger partial charge in [-0.3, -0.25) is 0 Å². The zero-order valence-electron chi connectivity index (χ0n) is 18.1. The third kappa shape index (κ3) is 3.68. The Labute approximate surface area is 192 Å². The first kappa shape index (κ1) is 21.9. The molecule has 2 aliphatic heterocycles. The second-order valence-electron chi connectivity index (χ2n) is 8.41. The molecule has 0 spiro atoms. The molecule has 2 aliphatic rings. The predicted octanol–water partition coefficient (Wildman–Crippen LogP) is 4.04. The van der Waals surface area contributed by atoms with E-state index in [1.54, 1.807) is 7.11 Å². The lowest BCUT2D eigenvalue weighted by molar-refractivity contribution is 0.210. The van der Waals surface area contributed by atoms with Crippen molar-refractivity contribution in [2.45, 2.75) is 23.4 Å². The number of benzene rings is 3. The van der Waals surface area contributed by atoms with Crippen LogP contribution in [0.5, 0.6) is 5.75 Å². The first-order chi connectivity index (χ1) is 15.9. The van der Waals surface area contributed by atoms with Crippen LogP contribution in [0, 0.1) is 11.7 Å². The van der Waals surface area contributed by atoms with E-state index < -0.39 is 21.9 Å². The molecule has 0 aliphatic carbocycles. The largest absolute Gasteiger partial charge is 0.497 e. The van der Waals surface area contributed by atoms with E-state index in [1.807, 2.05) is 42.5 Å². The van der Waals surface area contributed by atoms with Crippen molar-refractivity contribution in [2.24, 2.45) is 5.92 Å². The minimum Gasteiger partial charge on any atom is -0.497 e. The Balaban J connectivity index is 1.62. The van der Waals surface area contributed by atoms with Crippen molar-refractivity contribution in [1.29, 1.82) is 0 Å². The molecule has 1 saturated heterocycles. The number of hydrogen-bond donors (Lipinski definition) is 2. The minimum atomic E-state index is -4.07. The van der Waals surface area contributed by atoms with Crippen LogP contribution < -0.4 is 10.1 Å². The van der Waals surface area contributed by atoms with E-state index in [-0.39, 0.29) is 30.0 Å². The number of nitrogens with zero attached hydrogens (tertiary/aromatic N) is 1. The Morgan fingerprint density at radius 3 is 2.64 bits per heavy atom. The fraction of sp³-hybridized carbons (Fsp3) is 0.280. The van der Waals surface area contributed by atoms with Crippen molar-refractivity contribution in [1.82, 2.24) is 4.31 Å². The summed E-state index contributed by atoms with van der Waals surface area (Å²) >= 11 is 0. The minimum absolute atomic E-state index is 0.119. The first-order valence-electron chi connectivity index (χ1n) is 10.9. The van der Waals surface area contributed by atoms with Gasteiger partial charge >= 0.3 is 0 Å². The van der Waals surface area contributed by atoms with Crippen molar-refractivity contribution >= 4 is 15.7 Å². The number of halogens is 1. The van der Waals surface area contributed by atoms with Crippen LogP contribution in [0.15, 0.2) is 71.6 Å². The van der Waals surface area contributed by atoms with Gasteiger partial charge in [-0.1, -0.05) is 30.3 Å². The Hall–Kier alpha value is -2.94. The maximum Gasteiger partial charge on any atom is 0.246 e. The van der Waals surface area contributed by atoms with Gasteiger partial charge in [-0.15, -0.1) is 0 Å². The molecule has 172 valence electrons. The summed E-state index contributed by atoms with van der Waals surface area (Å²) in [6, 6.07) is 18.2. The number of methoxy groups -OCH3 is 1. The molecular weight excluding hydrogens is 443 g/mol. The third-order valence-electron chi connectivity index (χ3n) is 6.65. The molecule has 3 aromatic carbocycles. The van der Waals surface area contributed by atoms with Gasteiger partial charge in [-0.05, 0) is 59.5 Å². The van der Waals surface area contributed by atoms with Gasteiger partial charge in [0.15, 0.2) is 0 Å². The molecule has 0 unspecified atom stereocenters. The highest BCUT2D eigenvalue weighted by Crippen LogP contribution is 2.49. The molecule has 1 fully saturated rings. The van der Waals surface area contributed by atoms with E-state index in [9.17, 15) is 17.9 Å². The fourth-order valence-electron chi connectivity index (χ4n) is 5.05. The number of aliphatic hydroxyl groups excluding tert-OH is 1. The molecule has 0 bridgehead atoms. The molecule has 0 aromatic heterocycles. The predicted molar refractivity (Wildman–Crippen MR) is 124 cm³/mol. The van der Waals surface area contributed by atoms with Crippen LogP contribution in [-0.4, -0.2) is 44.1 Å². The molecule has 2 N–H and O–H groups in total. The maximum absolute atomic E-state index is 14.5. The number of sulfonamides is 1. The van der Waals surface area contributed by atoms with Crippen LogP contribution in [0.25, 0.3) is 11.1 Å². The standard InChI is InChI=1S/C25H25FN2O4S/c1-32-18-6-4-5-16(13-18)17-9-10-22-20(14-17)25-19(23(15-29)27-22)11-12-28(25)33(30,31)24-8-3-2-7-21(24)26/h2-10,13-14,19,23,25,27,29H,11-12,15H2,1H3/t19-,23-,25-/m1/s1. The van der Waals surface area contributed by atoms with E-state index in [0.717, 1.165) is 34.2 Å². The number of aliphatic hydroxyl groups is 1. The van der Waals surface area contributed by atoms with Gasteiger partial charge in [0, 0.05) is 18.2 Å². The van der Waals surface area contributed by atoms with Gasteiger partial charge < -0.3 is 15.2 Å². The fourth-order valence-corrected chi connectivity index (χ4v) is 6.78. The van der Waals surface area contributed by atoms with Crippen molar-refractivity contribution in [3.05, 3.63) is 78.1 Å². The summed E-state index contributed by atoms with van der Waals surface area (Å²) in [4.78, 5) is -0.324. The van der Waals surface area contributed by atoms with E-state index in [4.69, 9.17) is 4.74 Å². The smallest absolute Gasteiger partial charge is 0.246 e. The molecule has 2 heterocycles. The number of hydrogen-bond acceptors (Lipinski definition) is 5. The number of ether oxygens (including phenoxy) is 1. The maximum atomic E-state index is 14.5. The van der Waals surface area contributed by atoms with Crippen molar-refractivity contribution in [2.75, 3.05) is 25.6 Å². The number of rotatable bonds is 5. The Kier molecular flexibility index (Phi) is 5.60. The summed E-state index contributed by atoms with van der Waals surface area (Å²) in [5.74, 6) is -0.172. The van der Waals surface area contributed by atoms with Crippen LogP contribution in [0.2, 0.25) is 0 Å². The van der Waals surface area contributed by atoms with Crippen LogP contribution in [0.1, 0.15) is 18.0 Å². The average Bonchev–Trinajstić information content (AvgIpc) is 3.30. The zero-order chi connectivity index (χ0) is 23.2. The quantitative estimate of drug-likeness (QED) is 0.591. The van der Waals surface area contributed by atoms with Gasteiger partial charge in [-0.2, -0.15) is 4.31 Å². The van der Waals surface area contributed by atoms with Gasteiger partial charge in [0.1, 0.15) is 16.5 Å². The van der Waals surface area contributed by atoms with Gasteiger partial charge in [0.05, 0.1) is 25.8 Å². The van der Waals surface area contributed by atoms with Crippen LogP contribution >= 0.6 is 0 Å². The molecule has 0 amide bonds. The van der Waals surface area contributed by atoms with Crippen LogP contribution in [-0.2, 0) is 10.0 Å². The van der Waals surface area contributed by atoms with Crippen molar-refractivity contribution in [3.63, 3.8) is 0 Å². The summed E-state index contributed by atoms with van der Waals surface area (Å²) in [5.41, 5.74) is 3.46. The summed E-state index contributed by atoms with van der Waals surface area (Å²) in [5, 5.41) is 13.4. The van der Waals surface area contributed by atoms with Crippen molar-refractivity contribution < 1.29 is 22.7 Å².